The summed E-state index contributed by atoms with van der Waals surface area (Å²) in [6.07, 6.45) is -0.0573. The first-order chi connectivity index (χ1) is 14.5. The SMILES string of the molecule is CN=C(NCc1cc(OC)c(OC)c(OC)c1)NCC(C)Oc1ccc(OC)cc1.I. The minimum atomic E-state index is -0.0573. The highest BCUT2D eigenvalue weighted by atomic mass is 127. The van der Waals surface area contributed by atoms with Gasteiger partial charge in [0.25, 0.3) is 0 Å². The number of ether oxygens (including phenoxy) is 5. The second-order valence-electron chi connectivity index (χ2n) is 6.44. The fourth-order valence-electron chi connectivity index (χ4n) is 2.81. The van der Waals surface area contributed by atoms with Crippen molar-refractivity contribution in [3.05, 3.63) is 42.0 Å². The van der Waals surface area contributed by atoms with E-state index in [1.54, 1.807) is 35.5 Å². The van der Waals surface area contributed by atoms with Crippen LogP contribution >= 0.6 is 24.0 Å². The molecule has 1 atom stereocenters. The van der Waals surface area contributed by atoms with Crippen molar-refractivity contribution in [2.24, 2.45) is 4.99 Å². The predicted molar refractivity (Wildman–Crippen MR) is 133 cm³/mol. The first-order valence-corrected chi connectivity index (χ1v) is 9.58. The Hall–Kier alpha value is -2.56. The summed E-state index contributed by atoms with van der Waals surface area (Å²) in [6.45, 7) is 3.11. The zero-order valence-corrected chi connectivity index (χ0v) is 21.2. The van der Waals surface area contributed by atoms with Crippen molar-refractivity contribution < 1.29 is 23.7 Å². The molecule has 0 aliphatic heterocycles. The van der Waals surface area contributed by atoms with E-state index in [-0.39, 0.29) is 30.1 Å². The number of hydrogen-bond donors (Lipinski definition) is 2. The summed E-state index contributed by atoms with van der Waals surface area (Å²) < 4.78 is 27.2. The lowest BCUT2D eigenvalue weighted by molar-refractivity contribution is 0.223. The second kappa shape index (κ2) is 13.7. The van der Waals surface area contributed by atoms with Crippen LogP contribution < -0.4 is 34.3 Å². The summed E-state index contributed by atoms with van der Waals surface area (Å²) in [6, 6.07) is 11.3. The Labute approximate surface area is 201 Å². The molecule has 2 aromatic rings. The van der Waals surface area contributed by atoms with E-state index in [9.17, 15) is 0 Å². The summed E-state index contributed by atoms with van der Waals surface area (Å²) >= 11 is 0. The Kier molecular flexibility index (Phi) is 11.7. The number of halogens is 1. The summed E-state index contributed by atoms with van der Waals surface area (Å²) in [5.74, 6) is 4.02. The highest BCUT2D eigenvalue weighted by Gasteiger charge is 2.13. The number of benzene rings is 2. The number of guanidine groups is 1. The van der Waals surface area contributed by atoms with Gasteiger partial charge in [0.05, 0.1) is 35.0 Å². The van der Waals surface area contributed by atoms with Gasteiger partial charge in [-0.2, -0.15) is 0 Å². The molecule has 2 N–H and O–H groups in total. The molecule has 0 aliphatic rings. The molecule has 0 bridgehead atoms. The smallest absolute Gasteiger partial charge is 0.203 e. The number of nitrogens with zero attached hydrogens (tertiary/aromatic N) is 1. The van der Waals surface area contributed by atoms with E-state index in [4.69, 9.17) is 23.7 Å². The molecule has 2 rings (SSSR count). The topological polar surface area (TPSA) is 82.6 Å². The molecule has 0 heterocycles. The van der Waals surface area contributed by atoms with Crippen molar-refractivity contribution in [2.75, 3.05) is 42.0 Å². The van der Waals surface area contributed by atoms with Gasteiger partial charge in [-0.25, -0.2) is 0 Å². The van der Waals surface area contributed by atoms with E-state index < -0.39 is 0 Å². The van der Waals surface area contributed by atoms with Crippen molar-refractivity contribution in [1.82, 2.24) is 10.6 Å². The largest absolute Gasteiger partial charge is 0.497 e. The Balaban J connectivity index is 0.00000480. The molecule has 0 spiro atoms. The third-order valence-electron chi connectivity index (χ3n) is 4.36. The average molecular weight is 545 g/mol. The average Bonchev–Trinajstić information content (AvgIpc) is 2.78. The van der Waals surface area contributed by atoms with E-state index in [1.807, 2.05) is 43.3 Å². The maximum Gasteiger partial charge on any atom is 0.203 e. The molecule has 9 heteroatoms. The Morgan fingerprint density at radius 1 is 0.871 bits per heavy atom. The molecule has 31 heavy (non-hydrogen) atoms. The zero-order chi connectivity index (χ0) is 21.9. The highest BCUT2D eigenvalue weighted by Crippen LogP contribution is 2.38. The van der Waals surface area contributed by atoms with E-state index in [1.165, 1.54) is 0 Å². The molecule has 2 aromatic carbocycles. The van der Waals surface area contributed by atoms with Crippen LogP contribution in [0.1, 0.15) is 12.5 Å². The first-order valence-electron chi connectivity index (χ1n) is 9.58. The van der Waals surface area contributed by atoms with Crippen molar-refractivity contribution >= 4 is 29.9 Å². The van der Waals surface area contributed by atoms with Crippen LogP contribution in [0.3, 0.4) is 0 Å². The van der Waals surface area contributed by atoms with E-state index in [0.29, 0.717) is 36.3 Å². The molecule has 0 saturated heterocycles. The lowest BCUT2D eigenvalue weighted by atomic mass is 10.2. The molecule has 0 aromatic heterocycles. The zero-order valence-electron chi connectivity index (χ0n) is 18.9. The standard InChI is InChI=1S/C22H31N3O5.HI/c1-15(30-18-9-7-17(26-3)8-10-18)13-24-22(23-2)25-14-16-11-19(27-4)21(29-6)20(12-16)28-5;/h7-12,15H,13-14H2,1-6H3,(H2,23,24,25);1H. The number of rotatable bonds is 10. The van der Waals surface area contributed by atoms with Gasteiger partial charge in [0.15, 0.2) is 17.5 Å². The summed E-state index contributed by atoms with van der Waals surface area (Å²) in [5, 5.41) is 6.54. The van der Waals surface area contributed by atoms with Gasteiger partial charge in [0.1, 0.15) is 17.6 Å². The second-order valence-corrected chi connectivity index (χ2v) is 6.44. The van der Waals surface area contributed by atoms with Crippen LogP contribution in [0.2, 0.25) is 0 Å². The maximum absolute atomic E-state index is 5.91. The molecule has 0 aliphatic carbocycles. The third-order valence-corrected chi connectivity index (χ3v) is 4.36. The fraction of sp³-hybridized carbons (Fsp3) is 0.409. The van der Waals surface area contributed by atoms with E-state index in [0.717, 1.165) is 17.1 Å². The molecule has 0 amide bonds. The van der Waals surface area contributed by atoms with Crippen LogP contribution in [-0.2, 0) is 6.54 Å². The first kappa shape index (κ1) is 26.5. The summed E-state index contributed by atoms with van der Waals surface area (Å²) in [5.41, 5.74) is 0.968. The third kappa shape index (κ3) is 7.89. The van der Waals surface area contributed by atoms with Gasteiger partial charge < -0.3 is 34.3 Å². The van der Waals surface area contributed by atoms with Crippen LogP contribution in [0.25, 0.3) is 0 Å². The van der Waals surface area contributed by atoms with Crippen LogP contribution in [0.5, 0.6) is 28.7 Å². The lowest BCUT2D eigenvalue weighted by Crippen LogP contribution is -2.41. The molecule has 0 saturated carbocycles. The summed E-state index contributed by atoms with van der Waals surface area (Å²) in [7, 11) is 8.14. The predicted octanol–water partition coefficient (Wildman–Crippen LogP) is 3.47. The minimum absolute atomic E-state index is 0. The maximum atomic E-state index is 5.91. The van der Waals surface area contributed by atoms with Gasteiger partial charge in [0.2, 0.25) is 5.75 Å². The number of methoxy groups -OCH3 is 4. The van der Waals surface area contributed by atoms with E-state index in [2.05, 4.69) is 15.6 Å². The fourth-order valence-corrected chi connectivity index (χ4v) is 2.81. The molecule has 0 fully saturated rings. The molecular weight excluding hydrogens is 513 g/mol. The molecule has 172 valence electrons. The molecule has 1 unspecified atom stereocenters. The van der Waals surface area contributed by atoms with Crippen molar-refractivity contribution in [1.29, 1.82) is 0 Å². The van der Waals surface area contributed by atoms with Crippen molar-refractivity contribution in [2.45, 2.75) is 19.6 Å². The van der Waals surface area contributed by atoms with Gasteiger partial charge in [0, 0.05) is 13.6 Å². The number of nitrogens with one attached hydrogen (secondary N) is 2. The molecular formula is C22H32IN3O5. The van der Waals surface area contributed by atoms with Gasteiger partial charge in [-0.15, -0.1) is 24.0 Å². The lowest BCUT2D eigenvalue weighted by Gasteiger charge is -2.18. The molecule has 8 nitrogen and oxygen atoms in total. The van der Waals surface area contributed by atoms with Gasteiger partial charge >= 0.3 is 0 Å². The van der Waals surface area contributed by atoms with Crippen LogP contribution in [-0.4, -0.2) is 54.1 Å². The van der Waals surface area contributed by atoms with Crippen LogP contribution in [0.15, 0.2) is 41.4 Å². The minimum Gasteiger partial charge on any atom is -0.497 e. The number of aliphatic imine (C=N–C) groups is 1. The van der Waals surface area contributed by atoms with E-state index >= 15 is 0 Å². The highest BCUT2D eigenvalue weighted by molar-refractivity contribution is 14.0. The van der Waals surface area contributed by atoms with Crippen LogP contribution in [0.4, 0.5) is 0 Å². The van der Waals surface area contributed by atoms with Gasteiger partial charge in [-0.1, -0.05) is 0 Å². The van der Waals surface area contributed by atoms with Gasteiger partial charge in [-0.05, 0) is 48.9 Å². The quantitative estimate of drug-likeness (QED) is 0.269. The van der Waals surface area contributed by atoms with Crippen molar-refractivity contribution in [3.63, 3.8) is 0 Å². The van der Waals surface area contributed by atoms with Crippen LogP contribution in [0, 0.1) is 0 Å². The Morgan fingerprint density at radius 3 is 1.94 bits per heavy atom. The Morgan fingerprint density at radius 2 is 1.45 bits per heavy atom. The monoisotopic (exact) mass is 545 g/mol. The number of hydrogen-bond acceptors (Lipinski definition) is 6. The molecule has 0 radical (unpaired) electrons. The summed E-state index contributed by atoms with van der Waals surface area (Å²) in [4.78, 5) is 4.26. The van der Waals surface area contributed by atoms with Gasteiger partial charge in [-0.3, -0.25) is 4.99 Å². The normalized spacial score (nSPS) is 11.6. The van der Waals surface area contributed by atoms with Crippen molar-refractivity contribution in [3.8, 4) is 28.7 Å². The Bertz CT molecular complexity index is 805.